The van der Waals surface area contributed by atoms with Crippen molar-refractivity contribution < 1.29 is 4.79 Å². The molecule has 124 valence electrons. The number of rotatable bonds is 4. The van der Waals surface area contributed by atoms with Crippen molar-refractivity contribution in [2.24, 2.45) is 0 Å². The number of amides is 1. The van der Waals surface area contributed by atoms with Crippen LogP contribution >= 0.6 is 22.9 Å². The third-order valence-corrected chi connectivity index (χ3v) is 5.15. The number of aryl methyl sites for hydroxylation is 1. The average Bonchev–Trinajstić information content (AvgIpc) is 3.10. The third kappa shape index (κ3) is 3.23. The first-order chi connectivity index (χ1) is 11.5. The van der Waals surface area contributed by atoms with Crippen molar-refractivity contribution in [3.8, 4) is 5.69 Å². The SMILES string of the molecule is Cc1cc(C(=O)N(C)Cc2ccc(Cl)s2)c(C)n1-c1cccnc1. The Morgan fingerprint density at radius 2 is 2.12 bits per heavy atom. The molecule has 3 aromatic rings. The second-order valence-electron chi connectivity index (χ2n) is 5.70. The fourth-order valence-electron chi connectivity index (χ4n) is 2.81. The lowest BCUT2D eigenvalue weighted by Crippen LogP contribution is -2.26. The molecule has 0 aromatic carbocycles. The number of hydrogen-bond donors (Lipinski definition) is 0. The number of aromatic nitrogens is 2. The van der Waals surface area contributed by atoms with Crippen LogP contribution in [0.15, 0.2) is 42.7 Å². The van der Waals surface area contributed by atoms with Crippen LogP contribution in [0.3, 0.4) is 0 Å². The molecule has 0 unspecified atom stereocenters. The Hall–Kier alpha value is -2.11. The van der Waals surface area contributed by atoms with Crippen LogP contribution in [0.25, 0.3) is 5.69 Å². The van der Waals surface area contributed by atoms with E-state index in [1.165, 1.54) is 11.3 Å². The van der Waals surface area contributed by atoms with Crippen molar-refractivity contribution in [2.45, 2.75) is 20.4 Å². The van der Waals surface area contributed by atoms with Crippen molar-refractivity contribution in [1.29, 1.82) is 0 Å². The van der Waals surface area contributed by atoms with E-state index in [2.05, 4.69) is 9.55 Å². The van der Waals surface area contributed by atoms with E-state index in [0.717, 1.165) is 26.3 Å². The first kappa shape index (κ1) is 16.7. The van der Waals surface area contributed by atoms with Gasteiger partial charge in [0.25, 0.3) is 5.91 Å². The van der Waals surface area contributed by atoms with E-state index in [1.807, 2.05) is 51.2 Å². The number of hydrogen-bond acceptors (Lipinski definition) is 3. The summed E-state index contributed by atoms with van der Waals surface area (Å²) in [4.78, 5) is 19.8. The molecule has 6 heteroatoms. The first-order valence-corrected chi connectivity index (χ1v) is 8.76. The summed E-state index contributed by atoms with van der Waals surface area (Å²) < 4.78 is 2.79. The van der Waals surface area contributed by atoms with Crippen LogP contribution < -0.4 is 0 Å². The van der Waals surface area contributed by atoms with Crippen LogP contribution in [0.1, 0.15) is 26.6 Å². The normalized spacial score (nSPS) is 10.8. The highest BCUT2D eigenvalue weighted by atomic mass is 35.5. The number of carbonyl (C=O) groups is 1. The Kier molecular flexibility index (Phi) is 4.73. The molecule has 3 rings (SSSR count). The second-order valence-corrected chi connectivity index (χ2v) is 7.50. The molecule has 0 aliphatic carbocycles. The topological polar surface area (TPSA) is 38.1 Å². The van der Waals surface area contributed by atoms with E-state index in [9.17, 15) is 4.79 Å². The molecule has 0 saturated heterocycles. The van der Waals surface area contributed by atoms with Gasteiger partial charge in [-0.05, 0) is 44.2 Å². The van der Waals surface area contributed by atoms with Gasteiger partial charge in [-0.3, -0.25) is 9.78 Å². The van der Waals surface area contributed by atoms with Crippen LogP contribution in [-0.4, -0.2) is 27.4 Å². The lowest BCUT2D eigenvalue weighted by molar-refractivity contribution is 0.0786. The monoisotopic (exact) mass is 359 g/mol. The largest absolute Gasteiger partial charge is 0.337 e. The van der Waals surface area contributed by atoms with Crippen LogP contribution in [0, 0.1) is 13.8 Å². The van der Waals surface area contributed by atoms with Crippen molar-refractivity contribution in [2.75, 3.05) is 7.05 Å². The highest BCUT2D eigenvalue weighted by Crippen LogP contribution is 2.25. The molecular weight excluding hydrogens is 342 g/mol. The Bertz CT molecular complexity index is 870. The van der Waals surface area contributed by atoms with Gasteiger partial charge in [0.2, 0.25) is 0 Å². The fraction of sp³-hybridized carbons (Fsp3) is 0.222. The van der Waals surface area contributed by atoms with Crippen molar-refractivity contribution in [3.63, 3.8) is 0 Å². The molecular formula is C18H18ClN3OS. The molecule has 0 N–H and O–H groups in total. The fourth-order valence-corrected chi connectivity index (χ4v) is 3.95. The zero-order chi connectivity index (χ0) is 17.3. The van der Waals surface area contributed by atoms with E-state index in [4.69, 9.17) is 11.6 Å². The molecule has 3 aromatic heterocycles. The zero-order valence-electron chi connectivity index (χ0n) is 13.8. The first-order valence-electron chi connectivity index (χ1n) is 7.56. The molecule has 24 heavy (non-hydrogen) atoms. The van der Waals surface area contributed by atoms with Gasteiger partial charge in [0.15, 0.2) is 0 Å². The molecule has 4 nitrogen and oxygen atoms in total. The Balaban J connectivity index is 1.88. The van der Waals surface area contributed by atoms with Gasteiger partial charge >= 0.3 is 0 Å². The van der Waals surface area contributed by atoms with Crippen LogP contribution in [0.4, 0.5) is 0 Å². The minimum absolute atomic E-state index is 0.00256. The minimum Gasteiger partial charge on any atom is -0.337 e. The van der Waals surface area contributed by atoms with Gasteiger partial charge in [0, 0.05) is 29.5 Å². The number of halogens is 1. The summed E-state index contributed by atoms with van der Waals surface area (Å²) >= 11 is 7.46. The maximum Gasteiger partial charge on any atom is 0.255 e. The molecule has 0 aliphatic heterocycles. The van der Waals surface area contributed by atoms with E-state index in [1.54, 1.807) is 17.3 Å². The van der Waals surface area contributed by atoms with E-state index in [-0.39, 0.29) is 5.91 Å². The molecule has 0 fully saturated rings. The lowest BCUT2D eigenvalue weighted by atomic mass is 10.2. The van der Waals surface area contributed by atoms with Gasteiger partial charge < -0.3 is 9.47 Å². The van der Waals surface area contributed by atoms with Gasteiger partial charge in [-0.25, -0.2) is 0 Å². The molecule has 0 aliphatic rings. The number of carbonyl (C=O) groups excluding carboxylic acids is 1. The van der Waals surface area contributed by atoms with Crippen LogP contribution in [0.5, 0.6) is 0 Å². The number of nitrogens with zero attached hydrogens (tertiary/aromatic N) is 3. The predicted molar refractivity (Wildman–Crippen MR) is 98.2 cm³/mol. The molecule has 0 saturated carbocycles. The summed E-state index contributed by atoms with van der Waals surface area (Å²) in [6, 6.07) is 9.62. The third-order valence-electron chi connectivity index (χ3n) is 3.93. The van der Waals surface area contributed by atoms with Gasteiger partial charge in [0.1, 0.15) is 0 Å². The highest BCUT2D eigenvalue weighted by Gasteiger charge is 2.20. The Labute approximate surface area is 150 Å². The average molecular weight is 360 g/mol. The van der Waals surface area contributed by atoms with Gasteiger partial charge in [-0.1, -0.05) is 11.6 Å². The van der Waals surface area contributed by atoms with Crippen molar-refractivity contribution in [3.05, 3.63) is 68.9 Å². The lowest BCUT2D eigenvalue weighted by Gasteiger charge is -2.16. The summed E-state index contributed by atoms with van der Waals surface area (Å²) in [6.45, 7) is 4.51. The predicted octanol–water partition coefficient (Wildman–Crippen LogP) is 4.48. The molecule has 0 spiro atoms. The number of thiophene rings is 1. The quantitative estimate of drug-likeness (QED) is 0.689. The summed E-state index contributed by atoms with van der Waals surface area (Å²) in [5, 5.41) is 0. The molecule has 0 atom stereocenters. The summed E-state index contributed by atoms with van der Waals surface area (Å²) in [5.41, 5.74) is 3.60. The van der Waals surface area contributed by atoms with Gasteiger partial charge in [0.05, 0.1) is 28.3 Å². The second kappa shape index (κ2) is 6.79. The summed E-state index contributed by atoms with van der Waals surface area (Å²) in [7, 11) is 1.81. The minimum atomic E-state index is 0.00256. The molecule has 0 radical (unpaired) electrons. The van der Waals surface area contributed by atoms with Crippen molar-refractivity contribution >= 4 is 28.8 Å². The molecule has 3 heterocycles. The van der Waals surface area contributed by atoms with E-state index < -0.39 is 0 Å². The van der Waals surface area contributed by atoms with E-state index >= 15 is 0 Å². The maximum atomic E-state index is 12.8. The van der Waals surface area contributed by atoms with Crippen LogP contribution in [-0.2, 0) is 6.54 Å². The van der Waals surface area contributed by atoms with E-state index in [0.29, 0.717) is 12.1 Å². The standard InChI is InChI=1S/C18H18ClN3OS/c1-12-9-16(13(2)22(12)14-5-4-8-20-10-14)18(23)21(3)11-15-6-7-17(19)24-15/h4-10H,11H2,1-3H3. The summed E-state index contributed by atoms with van der Waals surface area (Å²) in [5.74, 6) is 0.00256. The van der Waals surface area contributed by atoms with Gasteiger partial charge in [-0.15, -0.1) is 11.3 Å². The Morgan fingerprint density at radius 3 is 2.75 bits per heavy atom. The van der Waals surface area contributed by atoms with Crippen molar-refractivity contribution in [1.82, 2.24) is 14.5 Å². The maximum absolute atomic E-state index is 12.8. The Morgan fingerprint density at radius 1 is 1.33 bits per heavy atom. The van der Waals surface area contributed by atoms with Gasteiger partial charge in [-0.2, -0.15) is 0 Å². The summed E-state index contributed by atoms with van der Waals surface area (Å²) in [6.07, 6.45) is 3.54. The number of pyridine rings is 1. The molecule has 1 amide bonds. The van der Waals surface area contributed by atoms with Crippen LogP contribution in [0.2, 0.25) is 4.34 Å². The zero-order valence-corrected chi connectivity index (χ0v) is 15.4. The highest BCUT2D eigenvalue weighted by molar-refractivity contribution is 7.16. The smallest absolute Gasteiger partial charge is 0.255 e. The molecule has 0 bridgehead atoms.